The molecule has 4 unspecified atom stereocenters. The van der Waals surface area contributed by atoms with E-state index >= 15 is 0 Å². The first-order valence-electron chi connectivity index (χ1n) is 6.77. The number of rotatable bonds is 5. The predicted octanol–water partition coefficient (Wildman–Crippen LogP) is -1.82. The third kappa shape index (κ3) is 3.57. The first-order valence-corrected chi connectivity index (χ1v) is 6.77. The minimum Gasteiger partial charge on any atom is -0.394 e. The van der Waals surface area contributed by atoms with Crippen LogP contribution in [0.1, 0.15) is 25.6 Å². The Morgan fingerprint density at radius 1 is 1.29 bits per heavy atom. The minimum atomic E-state index is -1.45. The highest BCUT2D eigenvalue weighted by molar-refractivity contribution is 4.92. The van der Waals surface area contributed by atoms with Crippen LogP contribution in [0, 0.1) is 0 Å². The van der Waals surface area contributed by atoms with E-state index in [0.717, 1.165) is 0 Å². The van der Waals surface area contributed by atoms with E-state index in [2.05, 4.69) is 10.3 Å². The van der Waals surface area contributed by atoms with Crippen LogP contribution in [0.5, 0.6) is 0 Å². The zero-order valence-electron chi connectivity index (χ0n) is 11.9. The van der Waals surface area contributed by atoms with Crippen LogP contribution in [0.25, 0.3) is 0 Å². The molecule has 2 rings (SSSR count). The second-order valence-electron chi connectivity index (χ2n) is 5.29. The predicted molar refractivity (Wildman–Crippen MR) is 69.0 cm³/mol. The molecule has 0 radical (unpaired) electrons. The van der Waals surface area contributed by atoms with Crippen molar-refractivity contribution in [2.24, 2.45) is 0 Å². The maximum absolute atomic E-state index is 9.81. The van der Waals surface area contributed by atoms with Crippen molar-refractivity contribution in [3.8, 4) is 0 Å². The summed E-state index contributed by atoms with van der Waals surface area (Å²) >= 11 is 0. The molecule has 1 aliphatic heterocycles. The van der Waals surface area contributed by atoms with Gasteiger partial charge in [0.25, 0.3) is 0 Å². The molecule has 0 spiro atoms. The summed E-state index contributed by atoms with van der Waals surface area (Å²) in [4.78, 5) is 0. The molecular weight excluding hydrogens is 282 g/mol. The fourth-order valence-electron chi connectivity index (χ4n) is 2.00. The van der Waals surface area contributed by atoms with E-state index in [9.17, 15) is 15.3 Å². The molecule has 0 saturated carbocycles. The monoisotopic (exact) mass is 303 g/mol. The van der Waals surface area contributed by atoms with Crippen molar-refractivity contribution in [1.82, 2.24) is 15.0 Å². The molecule has 2 heterocycles. The number of aliphatic hydroxyl groups excluding tert-OH is 4. The van der Waals surface area contributed by atoms with Crippen molar-refractivity contribution < 1.29 is 29.9 Å². The largest absolute Gasteiger partial charge is 0.394 e. The molecular formula is C12H21N3O6. The number of hydrogen-bond acceptors (Lipinski definition) is 8. The second-order valence-corrected chi connectivity index (χ2v) is 5.29. The molecule has 1 aliphatic rings. The Balaban J connectivity index is 1.94. The number of ether oxygens (including phenoxy) is 2. The quantitative estimate of drug-likeness (QED) is 0.500. The third-order valence-corrected chi connectivity index (χ3v) is 3.33. The summed E-state index contributed by atoms with van der Waals surface area (Å²) in [6.45, 7) is 3.44. The summed E-state index contributed by atoms with van der Waals surface area (Å²) < 4.78 is 12.2. The molecule has 1 saturated heterocycles. The summed E-state index contributed by atoms with van der Waals surface area (Å²) in [5, 5.41) is 46.0. The van der Waals surface area contributed by atoms with Gasteiger partial charge in [0, 0.05) is 6.04 Å². The van der Waals surface area contributed by atoms with Crippen LogP contribution in [0.15, 0.2) is 6.20 Å². The Hall–Kier alpha value is -1.10. The Morgan fingerprint density at radius 3 is 2.57 bits per heavy atom. The molecule has 0 aromatic carbocycles. The van der Waals surface area contributed by atoms with Crippen LogP contribution in [-0.2, 0) is 16.1 Å². The number of aromatic nitrogens is 3. The van der Waals surface area contributed by atoms with E-state index in [0.29, 0.717) is 5.69 Å². The van der Waals surface area contributed by atoms with E-state index in [1.807, 2.05) is 13.8 Å². The van der Waals surface area contributed by atoms with Crippen LogP contribution in [0.4, 0.5) is 0 Å². The van der Waals surface area contributed by atoms with Gasteiger partial charge in [0.1, 0.15) is 30.1 Å². The van der Waals surface area contributed by atoms with E-state index < -0.39 is 37.3 Å². The highest BCUT2D eigenvalue weighted by atomic mass is 16.7. The summed E-state index contributed by atoms with van der Waals surface area (Å²) in [5.74, 6) is 0. The highest BCUT2D eigenvalue weighted by Gasteiger charge is 2.44. The third-order valence-electron chi connectivity index (χ3n) is 3.33. The van der Waals surface area contributed by atoms with Crippen LogP contribution in [0.2, 0.25) is 0 Å². The van der Waals surface area contributed by atoms with Crippen molar-refractivity contribution in [3.63, 3.8) is 0 Å². The van der Waals surface area contributed by atoms with Gasteiger partial charge in [0.05, 0.1) is 19.4 Å². The molecule has 1 aromatic heterocycles. The SMILES string of the molecule is CC(C)n1cc(CO[C@@H]2OC(CO)C(O)C(O)C2O)nn1. The lowest BCUT2D eigenvalue weighted by Crippen LogP contribution is -2.59. The lowest BCUT2D eigenvalue weighted by molar-refractivity contribution is -0.304. The van der Waals surface area contributed by atoms with Crippen LogP contribution < -0.4 is 0 Å². The summed E-state index contributed by atoms with van der Waals surface area (Å²) in [6.07, 6.45) is -4.71. The fourth-order valence-corrected chi connectivity index (χ4v) is 2.00. The molecule has 1 aromatic rings. The first-order chi connectivity index (χ1) is 9.93. The summed E-state index contributed by atoms with van der Waals surface area (Å²) in [7, 11) is 0. The van der Waals surface area contributed by atoms with E-state index in [1.54, 1.807) is 10.9 Å². The number of hydrogen-bond donors (Lipinski definition) is 4. The van der Waals surface area contributed by atoms with Crippen molar-refractivity contribution in [3.05, 3.63) is 11.9 Å². The summed E-state index contributed by atoms with van der Waals surface area (Å²) in [5.41, 5.74) is 0.542. The van der Waals surface area contributed by atoms with E-state index in [4.69, 9.17) is 14.6 Å². The Kier molecular flexibility index (Phi) is 5.25. The average molecular weight is 303 g/mol. The van der Waals surface area contributed by atoms with Gasteiger partial charge >= 0.3 is 0 Å². The minimum absolute atomic E-state index is 0.0232. The Morgan fingerprint density at radius 2 is 2.00 bits per heavy atom. The standard InChI is InChI=1S/C12H21N3O6/c1-6(2)15-3-7(13-14-15)5-20-12-11(19)10(18)9(17)8(4-16)21-12/h3,6,8-12,16-19H,4-5H2,1-2H3/t8?,9?,10?,11?,12-/m1/s1. The van der Waals surface area contributed by atoms with Crippen molar-refractivity contribution in [2.75, 3.05) is 6.61 Å². The van der Waals surface area contributed by atoms with Crippen LogP contribution >= 0.6 is 0 Å². The normalized spacial score (nSPS) is 33.6. The van der Waals surface area contributed by atoms with Gasteiger partial charge in [0.2, 0.25) is 0 Å². The molecule has 4 N–H and O–H groups in total. The molecule has 0 aliphatic carbocycles. The number of nitrogens with zero attached hydrogens (tertiary/aromatic N) is 3. The highest BCUT2D eigenvalue weighted by Crippen LogP contribution is 2.22. The maximum Gasteiger partial charge on any atom is 0.187 e. The Bertz CT molecular complexity index is 452. The van der Waals surface area contributed by atoms with Crippen LogP contribution in [0.3, 0.4) is 0 Å². The molecule has 120 valence electrons. The topological polar surface area (TPSA) is 130 Å². The first kappa shape index (κ1) is 16.3. The summed E-state index contributed by atoms with van der Waals surface area (Å²) in [6, 6.07) is 0.165. The van der Waals surface area contributed by atoms with E-state index in [-0.39, 0.29) is 12.6 Å². The fraction of sp³-hybridized carbons (Fsp3) is 0.833. The second kappa shape index (κ2) is 6.77. The lowest BCUT2D eigenvalue weighted by atomic mass is 9.99. The number of aliphatic hydroxyl groups is 4. The van der Waals surface area contributed by atoms with E-state index in [1.165, 1.54) is 0 Å². The van der Waals surface area contributed by atoms with Crippen molar-refractivity contribution in [2.45, 2.75) is 57.2 Å². The molecule has 0 amide bonds. The smallest absolute Gasteiger partial charge is 0.187 e. The zero-order valence-corrected chi connectivity index (χ0v) is 11.9. The molecule has 21 heavy (non-hydrogen) atoms. The van der Waals surface area contributed by atoms with Gasteiger partial charge < -0.3 is 29.9 Å². The van der Waals surface area contributed by atoms with Crippen molar-refractivity contribution in [1.29, 1.82) is 0 Å². The van der Waals surface area contributed by atoms with Gasteiger partial charge in [-0.3, -0.25) is 0 Å². The molecule has 0 bridgehead atoms. The molecule has 1 fully saturated rings. The average Bonchev–Trinajstić information content (AvgIpc) is 2.93. The molecule has 9 heteroatoms. The van der Waals surface area contributed by atoms with Gasteiger partial charge in [-0.05, 0) is 13.8 Å². The van der Waals surface area contributed by atoms with Gasteiger partial charge in [0.15, 0.2) is 6.29 Å². The lowest BCUT2D eigenvalue weighted by Gasteiger charge is -2.39. The maximum atomic E-state index is 9.81. The Labute approximate surface area is 121 Å². The van der Waals surface area contributed by atoms with Gasteiger partial charge in [-0.15, -0.1) is 5.10 Å². The zero-order chi connectivity index (χ0) is 15.6. The van der Waals surface area contributed by atoms with Gasteiger partial charge in [-0.25, -0.2) is 4.68 Å². The molecule has 5 atom stereocenters. The van der Waals surface area contributed by atoms with Crippen molar-refractivity contribution >= 4 is 0 Å². The van der Waals surface area contributed by atoms with Gasteiger partial charge in [-0.1, -0.05) is 5.21 Å². The van der Waals surface area contributed by atoms with Gasteiger partial charge in [-0.2, -0.15) is 0 Å². The molecule has 9 nitrogen and oxygen atoms in total. The van der Waals surface area contributed by atoms with Crippen LogP contribution in [-0.4, -0.2) is 72.7 Å².